The lowest BCUT2D eigenvalue weighted by molar-refractivity contribution is 0.193. The highest BCUT2D eigenvalue weighted by Gasteiger charge is 2.11. The molecule has 0 amide bonds. The fourth-order valence-corrected chi connectivity index (χ4v) is 1.73. The highest BCUT2D eigenvalue weighted by molar-refractivity contribution is 4.70. The summed E-state index contributed by atoms with van der Waals surface area (Å²) in [7, 11) is 1.76. The van der Waals surface area contributed by atoms with E-state index in [0.717, 1.165) is 25.5 Å². The first kappa shape index (κ1) is 11.0. The minimum atomic E-state index is 0.874. The predicted octanol–water partition coefficient (Wildman–Crippen LogP) is 0.612. The molecule has 1 aliphatic heterocycles. The van der Waals surface area contributed by atoms with E-state index in [2.05, 4.69) is 10.6 Å². The molecule has 1 saturated heterocycles. The lowest BCUT2D eigenvalue weighted by Crippen LogP contribution is -2.34. The number of piperidine rings is 1. The maximum absolute atomic E-state index is 4.98. The summed E-state index contributed by atoms with van der Waals surface area (Å²) in [5, 5.41) is 6.86. The van der Waals surface area contributed by atoms with Gasteiger partial charge in [-0.05, 0) is 51.4 Å². The maximum Gasteiger partial charge on any atom is 0.0474 e. The van der Waals surface area contributed by atoms with E-state index in [9.17, 15) is 0 Å². The van der Waals surface area contributed by atoms with Crippen molar-refractivity contribution in [2.24, 2.45) is 5.92 Å². The predicted molar refractivity (Wildman–Crippen MR) is 55.0 cm³/mol. The average molecular weight is 186 g/mol. The SMILES string of the molecule is COCCCNCC1CCNCC1. The Labute approximate surface area is 81.2 Å². The molecule has 78 valence electrons. The van der Waals surface area contributed by atoms with Gasteiger partial charge in [-0.1, -0.05) is 0 Å². The average Bonchev–Trinajstić information content (AvgIpc) is 2.19. The van der Waals surface area contributed by atoms with Crippen LogP contribution in [0.1, 0.15) is 19.3 Å². The molecule has 2 N–H and O–H groups in total. The first-order chi connectivity index (χ1) is 6.43. The summed E-state index contributed by atoms with van der Waals surface area (Å²) in [6.45, 7) is 5.55. The van der Waals surface area contributed by atoms with Crippen molar-refractivity contribution in [3.8, 4) is 0 Å². The van der Waals surface area contributed by atoms with E-state index < -0.39 is 0 Å². The fourth-order valence-electron chi connectivity index (χ4n) is 1.73. The van der Waals surface area contributed by atoms with Gasteiger partial charge in [0.1, 0.15) is 0 Å². The van der Waals surface area contributed by atoms with Gasteiger partial charge in [0.2, 0.25) is 0 Å². The lowest BCUT2D eigenvalue weighted by Gasteiger charge is -2.22. The molecule has 0 unspecified atom stereocenters. The highest BCUT2D eigenvalue weighted by atomic mass is 16.5. The summed E-state index contributed by atoms with van der Waals surface area (Å²) >= 11 is 0. The van der Waals surface area contributed by atoms with Gasteiger partial charge >= 0.3 is 0 Å². The van der Waals surface area contributed by atoms with E-state index in [4.69, 9.17) is 4.74 Å². The first-order valence-electron chi connectivity index (χ1n) is 5.34. The summed E-state index contributed by atoms with van der Waals surface area (Å²) in [6, 6.07) is 0. The largest absolute Gasteiger partial charge is 0.385 e. The maximum atomic E-state index is 4.98. The fraction of sp³-hybridized carbons (Fsp3) is 1.00. The first-order valence-corrected chi connectivity index (χ1v) is 5.34. The van der Waals surface area contributed by atoms with E-state index in [0.29, 0.717) is 0 Å². The molecule has 0 aliphatic carbocycles. The Morgan fingerprint density at radius 2 is 2.15 bits per heavy atom. The number of nitrogens with one attached hydrogen (secondary N) is 2. The third-order valence-electron chi connectivity index (χ3n) is 2.59. The van der Waals surface area contributed by atoms with Crippen molar-refractivity contribution in [1.29, 1.82) is 0 Å². The summed E-state index contributed by atoms with van der Waals surface area (Å²) in [5.74, 6) is 0.892. The standard InChI is InChI=1S/C10H22N2O/c1-13-8-2-5-12-9-10-3-6-11-7-4-10/h10-12H,2-9H2,1H3. The van der Waals surface area contributed by atoms with Crippen LogP contribution in [0.5, 0.6) is 0 Å². The van der Waals surface area contributed by atoms with Crippen molar-refractivity contribution in [1.82, 2.24) is 10.6 Å². The molecule has 0 spiro atoms. The monoisotopic (exact) mass is 186 g/mol. The van der Waals surface area contributed by atoms with Gasteiger partial charge in [0.05, 0.1) is 0 Å². The Balaban J connectivity index is 1.86. The summed E-state index contributed by atoms with van der Waals surface area (Å²) in [4.78, 5) is 0. The number of rotatable bonds is 6. The summed E-state index contributed by atoms with van der Waals surface area (Å²) in [5.41, 5.74) is 0. The van der Waals surface area contributed by atoms with Crippen LogP contribution in [0.4, 0.5) is 0 Å². The van der Waals surface area contributed by atoms with Gasteiger partial charge in [0.15, 0.2) is 0 Å². The van der Waals surface area contributed by atoms with Gasteiger partial charge in [0.25, 0.3) is 0 Å². The molecule has 13 heavy (non-hydrogen) atoms. The van der Waals surface area contributed by atoms with Crippen LogP contribution in [0.2, 0.25) is 0 Å². The molecule has 0 aromatic rings. The number of hydrogen-bond acceptors (Lipinski definition) is 3. The summed E-state index contributed by atoms with van der Waals surface area (Å²) in [6.07, 6.45) is 3.79. The number of methoxy groups -OCH3 is 1. The van der Waals surface area contributed by atoms with E-state index in [-0.39, 0.29) is 0 Å². The minimum Gasteiger partial charge on any atom is -0.385 e. The topological polar surface area (TPSA) is 33.3 Å². The molecular weight excluding hydrogens is 164 g/mol. The Morgan fingerprint density at radius 1 is 1.38 bits per heavy atom. The smallest absolute Gasteiger partial charge is 0.0474 e. The third kappa shape index (κ3) is 5.24. The van der Waals surface area contributed by atoms with Crippen molar-refractivity contribution in [3.05, 3.63) is 0 Å². The van der Waals surface area contributed by atoms with Crippen LogP contribution >= 0.6 is 0 Å². The van der Waals surface area contributed by atoms with Crippen LogP contribution in [0.3, 0.4) is 0 Å². The summed E-state index contributed by atoms with van der Waals surface area (Å²) < 4.78 is 4.98. The van der Waals surface area contributed by atoms with Gasteiger partial charge in [-0.3, -0.25) is 0 Å². The van der Waals surface area contributed by atoms with Gasteiger partial charge in [-0.15, -0.1) is 0 Å². The molecule has 0 radical (unpaired) electrons. The second kappa shape index (κ2) is 7.30. The zero-order valence-corrected chi connectivity index (χ0v) is 8.64. The number of hydrogen-bond donors (Lipinski definition) is 2. The van der Waals surface area contributed by atoms with Gasteiger partial charge in [-0.2, -0.15) is 0 Å². The lowest BCUT2D eigenvalue weighted by atomic mass is 9.98. The van der Waals surface area contributed by atoms with Crippen LogP contribution in [-0.2, 0) is 4.74 Å². The van der Waals surface area contributed by atoms with Crippen molar-refractivity contribution < 1.29 is 4.74 Å². The molecular formula is C10H22N2O. The van der Waals surface area contributed by atoms with Crippen LogP contribution in [0, 0.1) is 5.92 Å². The molecule has 0 atom stereocenters. The Bertz CT molecular complexity index is 113. The van der Waals surface area contributed by atoms with Crippen molar-refractivity contribution in [2.75, 3.05) is 39.9 Å². The molecule has 3 heteroatoms. The van der Waals surface area contributed by atoms with E-state index in [1.165, 1.54) is 32.5 Å². The molecule has 0 aromatic heterocycles. The second-order valence-corrected chi connectivity index (χ2v) is 3.74. The normalized spacial score (nSPS) is 19.2. The zero-order chi connectivity index (χ0) is 9.36. The quantitative estimate of drug-likeness (QED) is 0.596. The van der Waals surface area contributed by atoms with E-state index in [1.807, 2.05) is 0 Å². The van der Waals surface area contributed by atoms with Crippen LogP contribution in [-0.4, -0.2) is 39.9 Å². The molecule has 1 heterocycles. The Kier molecular flexibility index (Phi) is 6.15. The molecule has 0 saturated carbocycles. The van der Waals surface area contributed by atoms with Gasteiger partial charge in [-0.25, -0.2) is 0 Å². The third-order valence-corrected chi connectivity index (χ3v) is 2.59. The van der Waals surface area contributed by atoms with Crippen molar-refractivity contribution in [2.45, 2.75) is 19.3 Å². The van der Waals surface area contributed by atoms with Crippen LogP contribution in [0.25, 0.3) is 0 Å². The van der Waals surface area contributed by atoms with Crippen molar-refractivity contribution >= 4 is 0 Å². The molecule has 1 aliphatic rings. The minimum absolute atomic E-state index is 0.874. The van der Waals surface area contributed by atoms with Gasteiger partial charge in [0, 0.05) is 13.7 Å². The van der Waals surface area contributed by atoms with Crippen LogP contribution < -0.4 is 10.6 Å². The molecule has 1 rings (SSSR count). The molecule has 1 fully saturated rings. The van der Waals surface area contributed by atoms with E-state index >= 15 is 0 Å². The molecule has 3 nitrogen and oxygen atoms in total. The zero-order valence-electron chi connectivity index (χ0n) is 8.64. The van der Waals surface area contributed by atoms with Crippen molar-refractivity contribution in [3.63, 3.8) is 0 Å². The van der Waals surface area contributed by atoms with E-state index in [1.54, 1.807) is 7.11 Å². The Morgan fingerprint density at radius 3 is 2.85 bits per heavy atom. The Hall–Kier alpha value is -0.120. The molecule has 0 aromatic carbocycles. The van der Waals surface area contributed by atoms with Gasteiger partial charge < -0.3 is 15.4 Å². The molecule has 0 bridgehead atoms. The number of ether oxygens (including phenoxy) is 1. The van der Waals surface area contributed by atoms with Crippen LogP contribution in [0.15, 0.2) is 0 Å². The second-order valence-electron chi connectivity index (χ2n) is 3.74. The highest BCUT2D eigenvalue weighted by Crippen LogP contribution is 2.09.